The maximum Gasteiger partial charge on any atom is 0.272 e. The third kappa shape index (κ3) is 4.34. The van der Waals surface area contributed by atoms with Gasteiger partial charge < -0.3 is 15.0 Å². The fourth-order valence-corrected chi connectivity index (χ4v) is 3.44. The maximum atomic E-state index is 12.9. The molecule has 5 nitrogen and oxygen atoms in total. The van der Waals surface area contributed by atoms with Crippen molar-refractivity contribution >= 4 is 11.6 Å². The number of rotatable bonds is 6. The minimum atomic E-state index is 0.0460. The Kier molecular flexibility index (Phi) is 6.10. The first-order valence-electron chi connectivity index (χ1n) is 9.35. The number of hydrogen-bond acceptors (Lipinski definition) is 4. The smallest absolute Gasteiger partial charge is 0.272 e. The molecule has 1 aliphatic heterocycles. The van der Waals surface area contributed by atoms with Crippen molar-refractivity contribution in [3.8, 4) is 5.75 Å². The van der Waals surface area contributed by atoms with E-state index in [-0.39, 0.29) is 5.91 Å². The predicted molar refractivity (Wildman–Crippen MR) is 104 cm³/mol. The molecule has 1 saturated heterocycles. The molecule has 0 saturated carbocycles. The number of methoxy groups -OCH3 is 1. The summed E-state index contributed by atoms with van der Waals surface area (Å²) >= 11 is 0. The summed E-state index contributed by atoms with van der Waals surface area (Å²) in [6, 6.07) is 12.0. The monoisotopic (exact) mass is 353 g/mol. The van der Waals surface area contributed by atoms with E-state index >= 15 is 0 Å². The second-order valence-corrected chi connectivity index (χ2v) is 6.69. The van der Waals surface area contributed by atoms with E-state index in [0.29, 0.717) is 18.3 Å². The van der Waals surface area contributed by atoms with Crippen LogP contribution in [0, 0.1) is 0 Å². The van der Waals surface area contributed by atoms with Gasteiger partial charge in [-0.05, 0) is 55.5 Å². The minimum Gasteiger partial charge on any atom is -0.497 e. The number of nitrogens with one attached hydrogen (secondary N) is 1. The van der Waals surface area contributed by atoms with Crippen LogP contribution in [0.4, 0.5) is 5.69 Å². The zero-order valence-corrected chi connectivity index (χ0v) is 15.6. The number of amides is 1. The van der Waals surface area contributed by atoms with Gasteiger partial charge in [-0.3, -0.25) is 9.78 Å². The molecular weight excluding hydrogens is 326 g/mol. The molecule has 2 aromatic rings. The predicted octanol–water partition coefficient (Wildman–Crippen LogP) is 4.11. The van der Waals surface area contributed by atoms with Crippen molar-refractivity contribution in [1.82, 2.24) is 9.88 Å². The highest BCUT2D eigenvalue weighted by Gasteiger charge is 2.26. The summed E-state index contributed by atoms with van der Waals surface area (Å²) in [6.45, 7) is 3.67. The van der Waals surface area contributed by atoms with Crippen molar-refractivity contribution < 1.29 is 9.53 Å². The number of nitrogens with zero attached hydrogens (tertiary/aromatic N) is 2. The Morgan fingerprint density at radius 2 is 2.08 bits per heavy atom. The number of likely N-dealkylation sites (tertiary alicyclic amines) is 1. The number of hydrogen-bond donors (Lipinski definition) is 1. The molecule has 0 aliphatic carbocycles. The van der Waals surface area contributed by atoms with E-state index in [2.05, 4.69) is 17.2 Å². The average Bonchev–Trinajstić information content (AvgIpc) is 2.72. The molecule has 0 radical (unpaired) electrons. The SMILES string of the molecule is CCC1CCCCN1C(=O)c1cc(NCc2ccc(OC)cc2)ccn1. The highest BCUT2D eigenvalue weighted by atomic mass is 16.5. The Labute approximate surface area is 155 Å². The highest BCUT2D eigenvalue weighted by Crippen LogP contribution is 2.22. The average molecular weight is 353 g/mol. The zero-order chi connectivity index (χ0) is 18.4. The number of pyridine rings is 1. The maximum absolute atomic E-state index is 12.9. The number of benzene rings is 1. The van der Waals surface area contributed by atoms with Gasteiger partial charge in [-0.25, -0.2) is 0 Å². The van der Waals surface area contributed by atoms with Crippen LogP contribution in [0.5, 0.6) is 5.75 Å². The fraction of sp³-hybridized carbons (Fsp3) is 0.429. The Morgan fingerprint density at radius 3 is 2.81 bits per heavy atom. The lowest BCUT2D eigenvalue weighted by molar-refractivity contribution is 0.0602. The van der Waals surface area contributed by atoms with Crippen LogP contribution in [0.15, 0.2) is 42.6 Å². The number of aromatic nitrogens is 1. The lowest BCUT2D eigenvalue weighted by Crippen LogP contribution is -2.43. The van der Waals surface area contributed by atoms with Crippen molar-refractivity contribution in [1.29, 1.82) is 0 Å². The van der Waals surface area contributed by atoms with Gasteiger partial charge in [0.05, 0.1) is 7.11 Å². The second kappa shape index (κ2) is 8.70. The summed E-state index contributed by atoms with van der Waals surface area (Å²) in [6.07, 6.45) is 6.09. The number of ether oxygens (including phenoxy) is 1. The molecule has 1 aromatic heterocycles. The molecule has 0 bridgehead atoms. The van der Waals surface area contributed by atoms with E-state index < -0.39 is 0 Å². The van der Waals surface area contributed by atoms with Gasteiger partial charge in [0.2, 0.25) is 0 Å². The summed E-state index contributed by atoms with van der Waals surface area (Å²) in [5, 5.41) is 3.37. The molecule has 2 heterocycles. The van der Waals surface area contributed by atoms with E-state index in [1.165, 1.54) is 6.42 Å². The summed E-state index contributed by atoms with van der Waals surface area (Å²) < 4.78 is 5.18. The largest absolute Gasteiger partial charge is 0.497 e. The van der Waals surface area contributed by atoms with Crippen LogP contribution >= 0.6 is 0 Å². The first-order chi connectivity index (χ1) is 12.7. The van der Waals surface area contributed by atoms with E-state index in [0.717, 1.165) is 42.8 Å². The number of anilines is 1. The third-order valence-electron chi connectivity index (χ3n) is 4.99. The molecule has 1 unspecified atom stereocenters. The minimum absolute atomic E-state index is 0.0460. The molecule has 26 heavy (non-hydrogen) atoms. The van der Waals surface area contributed by atoms with Crippen LogP contribution in [0.2, 0.25) is 0 Å². The summed E-state index contributed by atoms with van der Waals surface area (Å²) in [5.74, 6) is 0.891. The standard InChI is InChI=1S/C21H27N3O2/c1-3-18-6-4-5-13-24(18)21(25)20-14-17(11-12-22-20)23-15-16-7-9-19(26-2)10-8-16/h7-12,14,18H,3-6,13,15H2,1-2H3,(H,22,23). The van der Waals surface area contributed by atoms with Gasteiger partial charge in [-0.1, -0.05) is 19.1 Å². The van der Waals surface area contributed by atoms with Crippen molar-refractivity contribution in [2.24, 2.45) is 0 Å². The van der Waals surface area contributed by atoms with Crippen molar-refractivity contribution in [3.05, 3.63) is 53.9 Å². The molecule has 1 amide bonds. The molecule has 1 N–H and O–H groups in total. The molecule has 5 heteroatoms. The zero-order valence-electron chi connectivity index (χ0n) is 15.6. The summed E-state index contributed by atoms with van der Waals surface area (Å²) in [4.78, 5) is 19.2. The van der Waals surface area contributed by atoms with Gasteiger partial charge >= 0.3 is 0 Å². The van der Waals surface area contributed by atoms with E-state index in [1.54, 1.807) is 13.3 Å². The summed E-state index contributed by atoms with van der Waals surface area (Å²) in [5.41, 5.74) is 2.58. The fourth-order valence-electron chi connectivity index (χ4n) is 3.44. The topological polar surface area (TPSA) is 54.5 Å². The van der Waals surface area contributed by atoms with Crippen LogP contribution in [-0.2, 0) is 6.54 Å². The quantitative estimate of drug-likeness (QED) is 0.849. The van der Waals surface area contributed by atoms with Crippen LogP contribution in [0.25, 0.3) is 0 Å². The molecule has 1 fully saturated rings. The molecule has 138 valence electrons. The van der Waals surface area contributed by atoms with Gasteiger partial charge in [-0.2, -0.15) is 0 Å². The normalized spacial score (nSPS) is 17.0. The van der Waals surface area contributed by atoms with Gasteiger partial charge in [0.25, 0.3) is 5.91 Å². The first kappa shape index (κ1) is 18.2. The van der Waals surface area contributed by atoms with Gasteiger partial charge in [-0.15, -0.1) is 0 Å². The van der Waals surface area contributed by atoms with Crippen molar-refractivity contribution in [2.75, 3.05) is 19.0 Å². The van der Waals surface area contributed by atoms with E-state index in [4.69, 9.17) is 4.74 Å². The van der Waals surface area contributed by atoms with Crippen molar-refractivity contribution in [2.45, 2.75) is 45.2 Å². The van der Waals surface area contributed by atoms with Crippen LogP contribution in [0.1, 0.15) is 48.7 Å². The van der Waals surface area contributed by atoms with Crippen molar-refractivity contribution in [3.63, 3.8) is 0 Å². The summed E-state index contributed by atoms with van der Waals surface area (Å²) in [7, 11) is 1.66. The Bertz CT molecular complexity index is 730. The lowest BCUT2D eigenvalue weighted by atomic mass is 9.99. The van der Waals surface area contributed by atoms with Gasteiger partial charge in [0.1, 0.15) is 11.4 Å². The molecule has 1 aliphatic rings. The third-order valence-corrected chi connectivity index (χ3v) is 4.99. The highest BCUT2D eigenvalue weighted by molar-refractivity contribution is 5.93. The first-order valence-corrected chi connectivity index (χ1v) is 9.35. The van der Waals surface area contributed by atoms with Gasteiger partial charge in [0, 0.05) is 31.0 Å². The number of carbonyl (C=O) groups excluding carboxylic acids is 1. The Morgan fingerprint density at radius 1 is 1.27 bits per heavy atom. The number of piperidine rings is 1. The molecule has 1 atom stereocenters. The van der Waals surface area contributed by atoms with E-state index in [1.807, 2.05) is 41.3 Å². The molecule has 0 spiro atoms. The lowest BCUT2D eigenvalue weighted by Gasteiger charge is -2.35. The van der Waals surface area contributed by atoms with E-state index in [9.17, 15) is 4.79 Å². The van der Waals surface area contributed by atoms with Crippen LogP contribution < -0.4 is 10.1 Å². The number of carbonyl (C=O) groups is 1. The molecule has 3 rings (SSSR count). The Hall–Kier alpha value is -2.56. The Balaban J connectivity index is 1.66. The molecular formula is C21H27N3O2. The van der Waals surface area contributed by atoms with Crippen LogP contribution in [-0.4, -0.2) is 35.5 Å². The van der Waals surface area contributed by atoms with Crippen LogP contribution in [0.3, 0.4) is 0 Å². The molecule has 1 aromatic carbocycles. The van der Waals surface area contributed by atoms with Gasteiger partial charge in [0.15, 0.2) is 0 Å². The second-order valence-electron chi connectivity index (χ2n) is 6.69.